The minimum Gasteiger partial charge on any atom is -0.321 e. The Kier molecular flexibility index (Phi) is 4.64. The number of hydrogen-bond acceptors (Lipinski definition) is 3. The van der Waals surface area contributed by atoms with Crippen LogP contribution in [0, 0.1) is 0 Å². The quantitative estimate of drug-likeness (QED) is 0.707. The number of ketones is 1. The average Bonchev–Trinajstić information content (AvgIpc) is 3.11. The van der Waals surface area contributed by atoms with Gasteiger partial charge in [-0.3, -0.25) is 9.59 Å². The molecule has 1 heterocycles. The number of anilines is 1. The van der Waals surface area contributed by atoms with Crippen molar-refractivity contribution in [3.05, 3.63) is 88.1 Å². The van der Waals surface area contributed by atoms with Gasteiger partial charge in [-0.05, 0) is 29.1 Å². The fourth-order valence-electron chi connectivity index (χ4n) is 2.30. The molecule has 3 nitrogen and oxygen atoms in total. The van der Waals surface area contributed by atoms with E-state index >= 15 is 0 Å². The molecule has 0 fully saturated rings. The molecule has 0 aliphatic heterocycles. The molecule has 0 radical (unpaired) electrons. The highest BCUT2D eigenvalue weighted by atomic mass is 32.1. The number of carbonyl (C=O) groups is 2. The zero-order valence-corrected chi connectivity index (χ0v) is 13.2. The van der Waals surface area contributed by atoms with Gasteiger partial charge in [0.05, 0.1) is 10.6 Å². The Morgan fingerprint density at radius 3 is 2.35 bits per heavy atom. The summed E-state index contributed by atoms with van der Waals surface area (Å²) in [6, 6.07) is 20.3. The first-order chi connectivity index (χ1) is 11.2. The summed E-state index contributed by atoms with van der Waals surface area (Å²) in [7, 11) is 0. The van der Waals surface area contributed by atoms with Crippen LogP contribution in [0.15, 0.2) is 72.1 Å². The van der Waals surface area contributed by atoms with Crippen LogP contribution in [0.25, 0.3) is 0 Å². The summed E-state index contributed by atoms with van der Waals surface area (Å²) in [5.41, 5.74) is 2.03. The van der Waals surface area contributed by atoms with Gasteiger partial charge in [0.2, 0.25) is 0 Å². The van der Waals surface area contributed by atoms with E-state index in [1.165, 1.54) is 11.3 Å². The number of rotatable bonds is 5. The molecule has 1 aromatic heterocycles. The van der Waals surface area contributed by atoms with Gasteiger partial charge in [-0.15, -0.1) is 11.3 Å². The molecule has 1 amide bonds. The Labute approximate surface area is 138 Å². The molecule has 3 rings (SSSR count). The average molecular weight is 321 g/mol. The number of benzene rings is 2. The molecule has 0 saturated carbocycles. The molecule has 2 aromatic carbocycles. The minimum absolute atomic E-state index is 0.0155. The van der Waals surface area contributed by atoms with Gasteiger partial charge in [-0.2, -0.15) is 0 Å². The Morgan fingerprint density at radius 1 is 0.870 bits per heavy atom. The first-order valence-electron chi connectivity index (χ1n) is 7.25. The molecule has 0 spiro atoms. The van der Waals surface area contributed by atoms with Gasteiger partial charge in [0.25, 0.3) is 5.91 Å². The maximum absolute atomic E-state index is 12.6. The summed E-state index contributed by atoms with van der Waals surface area (Å²) in [5, 5.41) is 4.68. The van der Waals surface area contributed by atoms with Crippen LogP contribution >= 0.6 is 11.3 Å². The minimum atomic E-state index is -0.194. The highest BCUT2D eigenvalue weighted by Gasteiger charge is 2.14. The first-order valence-corrected chi connectivity index (χ1v) is 8.13. The van der Waals surface area contributed by atoms with E-state index in [9.17, 15) is 9.59 Å². The van der Waals surface area contributed by atoms with Crippen LogP contribution in [0.4, 0.5) is 5.69 Å². The van der Waals surface area contributed by atoms with Gasteiger partial charge in [-0.25, -0.2) is 0 Å². The summed E-state index contributed by atoms with van der Waals surface area (Å²) in [6.07, 6.45) is 0.312. The monoisotopic (exact) mass is 321 g/mol. The lowest BCUT2D eigenvalue weighted by molar-refractivity contribution is 0.0994. The van der Waals surface area contributed by atoms with Gasteiger partial charge in [0.15, 0.2) is 5.78 Å². The van der Waals surface area contributed by atoms with Crippen LogP contribution < -0.4 is 5.32 Å². The zero-order valence-electron chi connectivity index (χ0n) is 12.4. The van der Waals surface area contributed by atoms with Gasteiger partial charge in [0.1, 0.15) is 0 Å². The van der Waals surface area contributed by atoms with E-state index in [-0.39, 0.29) is 11.7 Å². The number of amides is 1. The molecule has 0 aliphatic carbocycles. The summed E-state index contributed by atoms with van der Waals surface area (Å²) < 4.78 is 0. The molecule has 0 saturated heterocycles. The number of nitrogens with one attached hydrogen (secondary N) is 1. The third-order valence-electron chi connectivity index (χ3n) is 3.43. The molecule has 0 bridgehead atoms. The van der Waals surface area contributed by atoms with Crippen molar-refractivity contribution in [1.82, 2.24) is 0 Å². The van der Waals surface area contributed by atoms with Crippen LogP contribution in [-0.4, -0.2) is 11.7 Å². The second kappa shape index (κ2) is 7.03. The maximum atomic E-state index is 12.6. The van der Waals surface area contributed by atoms with Crippen molar-refractivity contribution in [1.29, 1.82) is 0 Å². The molecule has 0 unspecified atom stereocenters. The summed E-state index contributed by atoms with van der Waals surface area (Å²) in [4.78, 5) is 25.4. The third kappa shape index (κ3) is 3.73. The van der Waals surface area contributed by atoms with Gasteiger partial charge in [0, 0.05) is 12.0 Å². The molecule has 114 valence electrons. The lowest BCUT2D eigenvalue weighted by Gasteiger charge is -2.10. The maximum Gasteiger partial charge on any atom is 0.265 e. The number of hydrogen-bond donors (Lipinski definition) is 1. The van der Waals surface area contributed by atoms with Gasteiger partial charge >= 0.3 is 0 Å². The molecule has 1 N–H and O–H groups in total. The number of Topliss-reactive ketones (excluding diaryl/α,β-unsaturated/α-hetero) is 1. The molecule has 0 atom stereocenters. The van der Waals surface area contributed by atoms with Crippen LogP contribution in [0.1, 0.15) is 25.6 Å². The van der Waals surface area contributed by atoms with E-state index in [1.54, 1.807) is 24.3 Å². The Balaban J connectivity index is 1.80. The highest BCUT2D eigenvalue weighted by molar-refractivity contribution is 7.12. The Hall–Kier alpha value is -2.72. The van der Waals surface area contributed by atoms with Crippen molar-refractivity contribution in [3.63, 3.8) is 0 Å². The third-order valence-corrected chi connectivity index (χ3v) is 4.30. The van der Waals surface area contributed by atoms with E-state index in [1.807, 2.05) is 47.8 Å². The van der Waals surface area contributed by atoms with Crippen molar-refractivity contribution in [2.24, 2.45) is 0 Å². The summed E-state index contributed by atoms with van der Waals surface area (Å²) >= 11 is 1.37. The number of thiophene rings is 1. The van der Waals surface area contributed by atoms with Crippen molar-refractivity contribution in [2.45, 2.75) is 6.42 Å². The first kappa shape index (κ1) is 15.2. The SMILES string of the molecule is O=C(Nc1ccccc1C(=O)Cc1ccccc1)c1cccs1. The summed E-state index contributed by atoms with van der Waals surface area (Å²) in [5.74, 6) is -0.210. The topological polar surface area (TPSA) is 46.2 Å². The zero-order chi connectivity index (χ0) is 16.1. The van der Waals surface area contributed by atoms with Crippen molar-refractivity contribution < 1.29 is 9.59 Å². The lowest BCUT2D eigenvalue weighted by Crippen LogP contribution is -2.14. The van der Waals surface area contributed by atoms with E-state index in [0.29, 0.717) is 22.5 Å². The second-order valence-corrected chi connectivity index (χ2v) is 6.01. The Bertz CT molecular complexity index is 810. The highest BCUT2D eigenvalue weighted by Crippen LogP contribution is 2.20. The molecule has 4 heteroatoms. The summed E-state index contributed by atoms with van der Waals surface area (Å²) in [6.45, 7) is 0. The van der Waals surface area contributed by atoms with Crippen molar-refractivity contribution in [3.8, 4) is 0 Å². The van der Waals surface area contributed by atoms with Crippen LogP contribution in [0.3, 0.4) is 0 Å². The molecule has 3 aromatic rings. The van der Waals surface area contributed by atoms with Crippen molar-refractivity contribution in [2.75, 3.05) is 5.32 Å². The fourth-order valence-corrected chi connectivity index (χ4v) is 2.92. The number of para-hydroxylation sites is 1. The predicted octanol–water partition coefficient (Wildman–Crippen LogP) is 4.43. The predicted molar refractivity (Wildman–Crippen MR) is 93.2 cm³/mol. The lowest BCUT2D eigenvalue weighted by atomic mass is 10.0. The van der Waals surface area contributed by atoms with Crippen LogP contribution in [-0.2, 0) is 6.42 Å². The Morgan fingerprint density at radius 2 is 1.61 bits per heavy atom. The van der Waals surface area contributed by atoms with E-state index in [0.717, 1.165) is 5.56 Å². The van der Waals surface area contributed by atoms with E-state index < -0.39 is 0 Å². The van der Waals surface area contributed by atoms with Gasteiger partial charge in [-0.1, -0.05) is 48.5 Å². The molecular weight excluding hydrogens is 306 g/mol. The van der Waals surface area contributed by atoms with Crippen molar-refractivity contribution >= 4 is 28.7 Å². The largest absolute Gasteiger partial charge is 0.321 e. The fraction of sp³-hybridized carbons (Fsp3) is 0.0526. The van der Waals surface area contributed by atoms with Crippen LogP contribution in [0.2, 0.25) is 0 Å². The number of carbonyl (C=O) groups excluding carboxylic acids is 2. The van der Waals surface area contributed by atoms with E-state index in [2.05, 4.69) is 5.32 Å². The van der Waals surface area contributed by atoms with E-state index in [4.69, 9.17) is 0 Å². The van der Waals surface area contributed by atoms with Gasteiger partial charge < -0.3 is 5.32 Å². The smallest absolute Gasteiger partial charge is 0.265 e. The molecule has 23 heavy (non-hydrogen) atoms. The standard InChI is InChI=1S/C19H15NO2S/c21-17(13-14-7-2-1-3-8-14)15-9-4-5-10-16(15)20-19(22)18-11-6-12-23-18/h1-12H,13H2,(H,20,22). The molecule has 0 aliphatic rings. The normalized spacial score (nSPS) is 10.3. The second-order valence-electron chi connectivity index (χ2n) is 5.06. The van der Waals surface area contributed by atoms with Crippen LogP contribution in [0.5, 0.6) is 0 Å². The molecular formula is C19H15NO2S.